The van der Waals surface area contributed by atoms with E-state index in [2.05, 4.69) is 5.32 Å². The zero-order valence-electron chi connectivity index (χ0n) is 11.9. The van der Waals surface area contributed by atoms with E-state index in [4.69, 9.17) is 9.84 Å². The predicted octanol–water partition coefficient (Wildman–Crippen LogP) is 2.53. The summed E-state index contributed by atoms with van der Waals surface area (Å²) in [5.41, 5.74) is 2.28. The molecule has 2 N–H and O–H groups in total. The molecule has 0 fully saturated rings. The Balaban J connectivity index is 2.47. The minimum atomic E-state index is -0.821. The Bertz CT molecular complexity index is 418. The number of hydrogen-bond donors (Lipinski definition) is 2. The fourth-order valence-electron chi connectivity index (χ4n) is 1.80. The standard InChI is InChI=1S/C15H23NO3/c1-4-9-16-13(15(17)18)8-10-19-14-7-5-6-11(2)12(14)3/h5-7,13,16H,4,8-10H2,1-3H3,(H,17,18). The lowest BCUT2D eigenvalue weighted by atomic mass is 10.1. The molecule has 19 heavy (non-hydrogen) atoms. The summed E-state index contributed by atoms with van der Waals surface area (Å²) in [7, 11) is 0. The molecule has 0 saturated carbocycles. The van der Waals surface area contributed by atoms with E-state index in [0.29, 0.717) is 19.6 Å². The van der Waals surface area contributed by atoms with Crippen molar-refractivity contribution in [1.82, 2.24) is 5.32 Å². The molecule has 1 aromatic carbocycles. The van der Waals surface area contributed by atoms with Crippen molar-refractivity contribution in [2.24, 2.45) is 0 Å². The molecular formula is C15H23NO3. The van der Waals surface area contributed by atoms with Gasteiger partial charge in [0.25, 0.3) is 0 Å². The number of aliphatic carboxylic acids is 1. The van der Waals surface area contributed by atoms with Gasteiger partial charge in [-0.2, -0.15) is 0 Å². The van der Waals surface area contributed by atoms with Crippen LogP contribution in [0.2, 0.25) is 0 Å². The number of carbonyl (C=O) groups is 1. The zero-order chi connectivity index (χ0) is 14.3. The molecule has 0 heterocycles. The van der Waals surface area contributed by atoms with E-state index in [1.807, 2.05) is 39.0 Å². The highest BCUT2D eigenvalue weighted by molar-refractivity contribution is 5.73. The highest BCUT2D eigenvalue weighted by Gasteiger charge is 2.16. The Kier molecular flexibility index (Phi) is 6.36. The summed E-state index contributed by atoms with van der Waals surface area (Å²) >= 11 is 0. The molecule has 1 unspecified atom stereocenters. The number of nitrogens with one attached hydrogen (secondary N) is 1. The molecule has 1 aromatic rings. The van der Waals surface area contributed by atoms with Crippen LogP contribution in [0, 0.1) is 13.8 Å². The molecular weight excluding hydrogens is 242 g/mol. The summed E-state index contributed by atoms with van der Waals surface area (Å²) in [4.78, 5) is 11.1. The van der Waals surface area contributed by atoms with Gasteiger partial charge in [-0.3, -0.25) is 4.79 Å². The van der Waals surface area contributed by atoms with Gasteiger partial charge >= 0.3 is 5.97 Å². The first-order valence-corrected chi connectivity index (χ1v) is 6.71. The second kappa shape index (κ2) is 7.79. The van der Waals surface area contributed by atoms with Crippen LogP contribution < -0.4 is 10.1 Å². The molecule has 0 aliphatic rings. The monoisotopic (exact) mass is 265 g/mol. The van der Waals surface area contributed by atoms with E-state index in [0.717, 1.165) is 17.7 Å². The Hall–Kier alpha value is -1.55. The third-order valence-electron chi connectivity index (χ3n) is 3.16. The number of hydrogen-bond acceptors (Lipinski definition) is 3. The molecule has 0 aliphatic heterocycles. The lowest BCUT2D eigenvalue weighted by Crippen LogP contribution is -2.38. The van der Waals surface area contributed by atoms with Crippen LogP contribution in [0.25, 0.3) is 0 Å². The first-order chi connectivity index (χ1) is 9.06. The molecule has 0 radical (unpaired) electrons. The van der Waals surface area contributed by atoms with Crippen molar-refractivity contribution in [1.29, 1.82) is 0 Å². The van der Waals surface area contributed by atoms with Crippen molar-refractivity contribution in [3.05, 3.63) is 29.3 Å². The molecule has 0 bridgehead atoms. The van der Waals surface area contributed by atoms with Crippen molar-refractivity contribution in [2.75, 3.05) is 13.2 Å². The van der Waals surface area contributed by atoms with Crippen molar-refractivity contribution in [2.45, 2.75) is 39.7 Å². The third-order valence-corrected chi connectivity index (χ3v) is 3.16. The summed E-state index contributed by atoms with van der Waals surface area (Å²) in [6.45, 7) is 7.16. The van der Waals surface area contributed by atoms with Crippen LogP contribution in [0.1, 0.15) is 30.9 Å². The molecule has 4 nitrogen and oxygen atoms in total. The molecule has 0 aliphatic carbocycles. The van der Waals surface area contributed by atoms with Gasteiger partial charge in [0, 0.05) is 6.42 Å². The van der Waals surface area contributed by atoms with E-state index in [-0.39, 0.29) is 0 Å². The molecule has 0 amide bonds. The molecule has 0 aromatic heterocycles. The number of rotatable bonds is 8. The maximum atomic E-state index is 11.1. The summed E-state index contributed by atoms with van der Waals surface area (Å²) in [6.07, 6.45) is 1.38. The third kappa shape index (κ3) is 4.91. The SMILES string of the molecule is CCCNC(CCOc1cccc(C)c1C)C(=O)O. The smallest absolute Gasteiger partial charge is 0.320 e. The Morgan fingerprint density at radius 2 is 2.16 bits per heavy atom. The lowest BCUT2D eigenvalue weighted by Gasteiger charge is -2.15. The highest BCUT2D eigenvalue weighted by atomic mass is 16.5. The van der Waals surface area contributed by atoms with Gasteiger partial charge in [-0.25, -0.2) is 0 Å². The lowest BCUT2D eigenvalue weighted by molar-refractivity contribution is -0.139. The predicted molar refractivity (Wildman–Crippen MR) is 75.7 cm³/mol. The number of carboxylic acids is 1. The van der Waals surface area contributed by atoms with Gasteiger partial charge in [0.15, 0.2) is 0 Å². The van der Waals surface area contributed by atoms with Crippen molar-refractivity contribution >= 4 is 5.97 Å². The number of benzene rings is 1. The summed E-state index contributed by atoms with van der Waals surface area (Å²) in [5.74, 6) is 0.0117. The minimum absolute atomic E-state index is 0.401. The van der Waals surface area contributed by atoms with Crippen LogP contribution in [0.4, 0.5) is 0 Å². The van der Waals surface area contributed by atoms with E-state index in [1.165, 1.54) is 5.56 Å². The van der Waals surface area contributed by atoms with E-state index in [9.17, 15) is 4.79 Å². The van der Waals surface area contributed by atoms with Crippen LogP contribution in [0.15, 0.2) is 18.2 Å². The molecule has 1 rings (SSSR count). The summed E-state index contributed by atoms with van der Waals surface area (Å²) in [5, 5.41) is 12.1. The van der Waals surface area contributed by atoms with E-state index in [1.54, 1.807) is 0 Å². The van der Waals surface area contributed by atoms with Crippen molar-refractivity contribution in [3.8, 4) is 5.75 Å². The quantitative estimate of drug-likeness (QED) is 0.758. The fraction of sp³-hybridized carbons (Fsp3) is 0.533. The van der Waals surface area contributed by atoms with E-state index >= 15 is 0 Å². The average molecular weight is 265 g/mol. The normalized spacial score (nSPS) is 12.2. The van der Waals surface area contributed by atoms with Gasteiger partial charge < -0.3 is 15.2 Å². The highest BCUT2D eigenvalue weighted by Crippen LogP contribution is 2.20. The molecule has 4 heteroatoms. The van der Waals surface area contributed by atoms with Crippen LogP contribution in [-0.4, -0.2) is 30.3 Å². The molecule has 0 spiro atoms. The number of ether oxygens (including phenoxy) is 1. The maximum absolute atomic E-state index is 11.1. The molecule has 1 atom stereocenters. The Morgan fingerprint density at radius 1 is 1.42 bits per heavy atom. The van der Waals surface area contributed by atoms with Crippen molar-refractivity contribution in [3.63, 3.8) is 0 Å². The number of aryl methyl sites for hydroxylation is 1. The Morgan fingerprint density at radius 3 is 2.79 bits per heavy atom. The second-order valence-electron chi connectivity index (χ2n) is 4.68. The first kappa shape index (κ1) is 15.5. The van der Waals surface area contributed by atoms with Gasteiger partial charge in [-0.15, -0.1) is 0 Å². The van der Waals surface area contributed by atoms with E-state index < -0.39 is 12.0 Å². The van der Waals surface area contributed by atoms with Gasteiger partial charge in [-0.05, 0) is 44.0 Å². The fourth-order valence-corrected chi connectivity index (χ4v) is 1.80. The molecule has 106 valence electrons. The topological polar surface area (TPSA) is 58.6 Å². The van der Waals surface area contributed by atoms with Crippen LogP contribution in [-0.2, 0) is 4.79 Å². The first-order valence-electron chi connectivity index (χ1n) is 6.71. The average Bonchev–Trinajstić information content (AvgIpc) is 2.38. The number of carboxylic acid groups (broad SMARTS) is 1. The minimum Gasteiger partial charge on any atom is -0.493 e. The van der Waals surface area contributed by atoms with Gasteiger partial charge in [-0.1, -0.05) is 19.1 Å². The van der Waals surface area contributed by atoms with Gasteiger partial charge in [0.2, 0.25) is 0 Å². The van der Waals surface area contributed by atoms with Crippen molar-refractivity contribution < 1.29 is 14.6 Å². The second-order valence-corrected chi connectivity index (χ2v) is 4.68. The Labute approximate surface area is 114 Å². The van der Waals surface area contributed by atoms with Crippen LogP contribution >= 0.6 is 0 Å². The zero-order valence-corrected chi connectivity index (χ0v) is 11.9. The van der Waals surface area contributed by atoms with Crippen LogP contribution in [0.3, 0.4) is 0 Å². The molecule has 0 saturated heterocycles. The maximum Gasteiger partial charge on any atom is 0.320 e. The van der Waals surface area contributed by atoms with Gasteiger partial charge in [0.1, 0.15) is 11.8 Å². The summed E-state index contributed by atoms with van der Waals surface area (Å²) < 4.78 is 5.67. The summed E-state index contributed by atoms with van der Waals surface area (Å²) in [6, 6.07) is 5.36. The van der Waals surface area contributed by atoms with Crippen LogP contribution in [0.5, 0.6) is 5.75 Å². The largest absolute Gasteiger partial charge is 0.493 e. The van der Waals surface area contributed by atoms with Gasteiger partial charge in [0.05, 0.1) is 6.61 Å².